The van der Waals surface area contributed by atoms with E-state index in [2.05, 4.69) is 9.97 Å². The van der Waals surface area contributed by atoms with Gasteiger partial charge < -0.3 is 9.47 Å². The predicted octanol–water partition coefficient (Wildman–Crippen LogP) is 5.21. The van der Waals surface area contributed by atoms with Gasteiger partial charge in [-0.25, -0.2) is 14.8 Å². The van der Waals surface area contributed by atoms with Crippen molar-refractivity contribution in [3.05, 3.63) is 86.9 Å². The number of rotatable bonds is 6. The maximum Gasteiger partial charge on any atom is 0.416 e. The quantitative estimate of drug-likeness (QED) is 0.287. The molecule has 0 bridgehead atoms. The van der Waals surface area contributed by atoms with Crippen LogP contribution in [0.4, 0.5) is 18.9 Å². The molecule has 0 aliphatic rings. The lowest BCUT2D eigenvalue weighted by molar-refractivity contribution is -0.385. The Balaban J connectivity index is 1.84. The second-order valence-electron chi connectivity index (χ2n) is 6.00. The summed E-state index contributed by atoms with van der Waals surface area (Å²) in [5.41, 5.74) is -1.47. The van der Waals surface area contributed by atoms with Crippen LogP contribution >= 0.6 is 11.6 Å². The highest BCUT2D eigenvalue weighted by Crippen LogP contribution is 2.37. The Hall–Kier alpha value is -3.73. The van der Waals surface area contributed by atoms with Crippen molar-refractivity contribution in [1.29, 1.82) is 0 Å². The smallest absolute Gasteiger partial charge is 0.416 e. The van der Waals surface area contributed by atoms with Crippen molar-refractivity contribution < 1.29 is 32.4 Å². The summed E-state index contributed by atoms with van der Waals surface area (Å²) in [5, 5.41) is 10.9. The number of carbonyl (C=O) groups is 1. The number of alkyl halides is 3. The van der Waals surface area contributed by atoms with Crippen molar-refractivity contribution in [3.8, 4) is 11.5 Å². The molecule has 0 atom stereocenters. The molecule has 3 rings (SSSR count). The molecule has 31 heavy (non-hydrogen) atoms. The van der Waals surface area contributed by atoms with Crippen LogP contribution in [-0.2, 0) is 17.5 Å². The molecule has 0 amide bonds. The molecule has 12 heteroatoms. The number of aromatic nitrogens is 2. The van der Waals surface area contributed by atoms with Gasteiger partial charge in [0.05, 0.1) is 15.5 Å². The molecule has 2 aromatic carbocycles. The summed E-state index contributed by atoms with van der Waals surface area (Å²) in [4.78, 5) is 30.4. The van der Waals surface area contributed by atoms with Gasteiger partial charge in [-0.1, -0.05) is 11.6 Å². The molecule has 0 aliphatic carbocycles. The topological polar surface area (TPSA) is 104 Å². The molecule has 1 heterocycles. The minimum Gasteiger partial charge on any atom is -0.457 e. The number of carbonyl (C=O) groups excluding carboxylic acids is 1. The summed E-state index contributed by atoms with van der Waals surface area (Å²) in [7, 11) is 0. The first-order chi connectivity index (χ1) is 14.6. The molecule has 160 valence electrons. The van der Waals surface area contributed by atoms with E-state index < -0.39 is 33.9 Å². The molecule has 0 spiro atoms. The lowest BCUT2D eigenvalue weighted by atomic mass is 10.1. The Morgan fingerprint density at radius 3 is 2.45 bits per heavy atom. The van der Waals surface area contributed by atoms with Crippen molar-refractivity contribution in [3.63, 3.8) is 0 Å². The van der Waals surface area contributed by atoms with E-state index in [4.69, 9.17) is 21.1 Å². The van der Waals surface area contributed by atoms with Gasteiger partial charge in [-0.15, -0.1) is 0 Å². The lowest BCUT2D eigenvalue weighted by Crippen LogP contribution is -2.09. The molecule has 1 aromatic heterocycles. The first-order valence-corrected chi connectivity index (χ1v) is 8.77. The van der Waals surface area contributed by atoms with Gasteiger partial charge in [0, 0.05) is 30.1 Å². The predicted molar refractivity (Wildman–Crippen MR) is 101 cm³/mol. The van der Waals surface area contributed by atoms with Gasteiger partial charge in [0.25, 0.3) is 5.69 Å². The Kier molecular flexibility index (Phi) is 6.35. The zero-order chi connectivity index (χ0) is 22.6. The summed E-state index contributed by atoms with van der Waals surface area (Å²) in [6.45, 7) is -0.230. The Morgan fingerprint density at radius 2 is 1.84 bits per heavy atom. The van der Waals surface area contributed by atoms with Crippen molar-refractivity contribution in [2.24, 2.45) is 0 Å². The third kappa shape index (κ3) is 5.45. The first-order valence-electron chi connectivity index (χ1n) is 8.39. The van der Waals surface area contributed by atoms with Crippen LogP contribution in [0.3, 0.4) is 0 Å². The van der Waals surface area contributed by atoms with E-state index in [0.29, 0.717) is 11.6 Å². The standard InChI is InChI=1S/C19H11ClF3N3O5/c20-15-5-12(19(21,22)23)1-4-17(15)31-13-2-3-16(26(28)29)14(6-13)18(27)30-9-11-7-24-10-25-8-11/h1-8,10H,9H2. The monoisotopic (exact) mass is 453 g/mol. The summed E-state index contributed by atoms with van der Waals surface area (Å²) in [6.07, 6.45) is -0.499. The molecule has 0 saturated carbocycles. The Bertz CT molecular complexity index is 1130. The van der Waals surface area contributed by atoms with Crippen LogP contribution in [0.25, 0.3) is 0 Å². The number of esters is 1. The molecule has 8 nitrogen and oxygen atoms in total. The zero-order valence-corrected chi connectivity index (χ0v) is 16.1. The number of halogens is 4. The second-order valence-corrected chi connectivity index (χ2v) is 6.41. The molecular weight excluding hydrogens is 443 g/mol. The number of benzene rings is 2. The van der Waals surface area contributed by atoms with E-state index in [0.717, 1.165) is 24.3 Å². The zero-order valence-electron chi connectivity index (χ0n) is 15.3. The maximum absolute atomic E-state index is 12.8. The summed E-state index contributed by atoms with van der Waals surface area (Å²) < 4.78 is 48.8. The summed E-state index contributed by atoms with van der Waals surface area (Å²) >= 11 is 5.85. The Morgan fingerprint density at radius 1 is 1.13 bits per heavy atom. The fourth-order valence-electron chi connectivity index (χ4n) is 2.42. The first kappa shape index (κ1) is 22.0. The van der Waals surface area contributed by atoms with Crippen LogP contribution in [0.1, 0.15) is 21.5 Å². The van der Waals surface area contributed by atoms with Gasteiger partial charge in [-0.05, 0) is 24.3 Å². The minimum atomic E-state index is -4.59. The molecule has 0 radical (unpaired) electrons. The van der Waals surface area contributed by atoms with Gasteiger partial charge in [-0.3, -0.25) is 10.1 Å². The largest absolute Gasteiger partial charge is 0.457 e. The average molecular weight is 454 g/mol. The van der Waals surface area contributed by atoms with Crippen LogP contribution in [0, 0.1) is 10.1 Å². The number of hydrogen-bond donors (Lipinski definition) is 0. The molecule has 0 saturated heterocycles. The lowest BCUT2D eigenvalue weighted by Gasteiger charge is -2.12. The van der Waals surface area contributed by atoms with Crippen LogP contribution in [0.15, 0.2) is 55.1 Å². The molecule has 0 aliphatic heterocycles. The number of nitrogens with zero attached hydrogens (tertiary/aromatic N) is 3. The van der Waals surface area contributed by atoms with Crippen molar-refractivity contribution in [2.45, 2.75) is 12.8 Å². The van der Waals surface area contributed by atoms with Gasteiger partial charge in [0.2, 0.25) is 0 Å². The highest BCUT2D eigenvalue weighted by Gasteiger charge is 2.31. The minimum absolute atomic E-state index is 0.0674. The van der Waals surface area contributed by atoms with Gasteiger partial charge in [-0.2, -0.15) is 13.2 Å². The fourth-order valence-corrected chi connectivity index (χ4v) is 2.64. The van der Waals surface area contributed by atoms with E-state index in [1.807, 2.05) is 0 Å². The molecular formula is C19H11ClF3N3O5. The van der Waals surface area contributed by atoms with Crippen LogP contribution in [0.2, 0.25) is 5.02 Å². The number of nitro groups is 1. The van der Waals surface area contributed by atoms with Gasteiger partial charge in [0.1, 0.15) is 30.0 Å². The van der Waals surface area contributed by atoms with E-state index in [1.165, 1.54) is 24.8 Å². The third-order valence-corrected chi connectivity index (χ3v) is 4.15. The van der Waals surface area contributed by atoms with Crippen LogP contribution in [0.5, 0.6) is 11.5 Å². The van der Waals surface area contributed by atoms with Crippen molar-refractivity contribution >= 4 is 23.3 Å². The number of ether oxygens (including phenoxy) is 2. The third-order valence-electron chi connectivity index (χ3n) is 3.86. The van der Waals surface area contributed by atoms with E-state index in [9.17, 15) is 28.1 Å². The summed E-state index contributed by atoms with van der Waals surface area (Å²) in [6, 6.07) is 5.67. The van der Waals surface area contributed by atoms with Crippen LogP contribution in [-0.4, -0.2) is 20.9 Å². The molecule has 0 unspecified atom stereocenters. The van der Waals surface area contributed by atoms with Crippen molar-refractivity contribution in [1.82, 2.24) is 9.97 Å². The van der Waals surface area contributed by atoms with Gasteiger partial charge >= 0.3 is 12.1 Å². The maximum atomic E-state index is 12.8. The molecule has 0 N–H and O–H groups in total. The SMILES string of the molecule is O=C(OCc1cncnc1)c1cc(Oc2ccc(C(F)(F)F)cc2Cl)ccc1[N+](=O)[O-]. The second kappa shape index (κ2) is 8.96. The number of hydrogen-bond acceptors (Lipinski definition) is 7. The van der Waals surface area contributed by atoms with Crippen LogP contribution < -0.4 is 4.74 Å². The highest BCUT2D eigenvalue weighted by molar-refractivity contribution is 6.32. The van der Waals surface area contributed by atoms with Gasteiger partial charge in [0.15, 0.2) is 0 Å². The number of nitro benzene ring substituents is 1. The highest BCUT2D eigenvalue weighted by atomic mass is 35.5. The fraction of sp³-hybridized carbons (Fsp3) is 0.105. The van der Waals surface area contributed by atoms with Crippen molar-refractivity contribution in [2.75, 3.05) is 0 Å². The van der Waals surface area contributed by atoms with E-state index in [1.54, 1.807) is 0 Å². The van der Waals surface area contributed by atoms with E-state index >= 15 is 0 Å². The molecule has 3 aromatic rings. The average Bonchev–Trinajstić information content (AvgIpc) is 2.73. The molecule has 0 fully saturated rings. The Labute approximate surface area is 177 Å². The summed E-state index contributed by atoms with van der Waals surface area (Å²) in [5.74, 6) is -1.22. The van der Waals surface area contributed by atoms with E-state index in [-0.39, 0.29) is 23.1 Å². The normalized spacial score (nSPS) is 11.1.